The van der Waals surface area contributed by atoms with E-state index < -0.39 is 0 Å². The fraction of sp³-hybridized carbons (Fsp3) is 0.667. The largest absolute Gasteiger partial charge is 0.378 e. The molecule has 144 valence electrons. The molecule has 4 heterocycles. The van der Waals surface area contributed by atoms with Gasteiger partial charge in [-0.15, -0.1) is 0 Å². The van der Waals surface area contributed by atoms with Crippen LogP contribution < -0.4 is 4.90 Å². The zero-order valence-corrected chi connectivity index (χ0v) is 16.4. The average Bonchev–Trinajstić information content (AvgIpc) is 3.40. The molecule has 1 saturated carbocycles. The van der Waals surface area contributed by atoms with Crippen LogP contribution in [0.1, 0.15) is 45.8 Å². The monoisotopic (exact) mass is 388 g/mol. The van der Waals surface area contributed by atoms with Gasteiger partial charge in [-0.05, 0) is 19.8 Å². The molecular weight excluding hydrogens is 364 g/mol. The lowest BCUT2D eigenvalue weighted by Crippen LogP contribution is -2.36. The number of amides is 1. The lowest BCUT2D eigenvalue weighted by atomic mass is 10.3. The first-order valence-corrected chi connectivity index (χ1v) is 10.5. The number of carbonyl (C=O) groups is 1. The van der Waals surface area contributed by atoms with Gasteiger partial charge in [-0.25, -0.2) is 14.6 Å². The molecule has 9 heteroatoms. The molecule has 0 bridgehead atoms. The third-order valence-corrected chi connectivity index (χ3v) is 6.65. The van der Waals surface area contributed by atoms with Crippen LogP contribution in [0.25, 0.3) is 0 Å². The SMILES string of the molecule is Cc1nc(N2CCOCC2)sc1C(=O)N1CCc2nc(C3CC3)nn2CC1. The second-order valence-electron chi connectivity index (χ2n) is 7.44. The van der Waals surface area contributed by atoms with E-state index in [1.807, 2.05) is 16.5 Å². The number of aromatic nitrogens is 4. The number of thiazole rings is 1. The molecule has 2 aromatic heterocycles. The molecule has 2 fully saturated rings. The van der Waals surface area contributed by atoms with Gasteiger partial charge in [0.25, 0.3) is 5.91 Å². The molecule has 5 rings (SSSR count). The Kier molecular flexibility index (Phi) is 4.35. The third-order valence-electron chi connectivity index (χ3n) is 5.44. The van der Waals surface area contributed by atoms with Crippen molar-refractivity contribution in [2.75, 3.05) is 44.3 Å². The van der Waals surface area contributed by atoms with E-state index in [1.54, 1.807) is 0 Å². The number of morpholine rings is 1. The second kappa shape index (κ2) is 6.87. The van der Waals surface area contributed by atoms with Crippen LogP contribution in [0.2, 0.25) is 0 Å². The van der Waals surface area contributed by atoms with Crippen molar-refractivity contribution in [3.05, 3.63) is 22.2 Å². The van der Waals surface area contributed by atoms with Crippen LogP contribution >= 0.6 is 11.3 Å². The van der Waals surface area contributed by atoms with Crippen LogP contribution in [-0.4, -0.2) is 69.9 Å². The maximum absolute atomic E-state index is 13.1. The Balaban J connectivity index is 1.29. The van der Waals surface area contributed by atoms with E-state index in [4.69, 9.17) is 9.72 Å². The Morgan fingerprint density at radius 1 is 1.11 bits per heavy atom. The Labute approximate surface area is 162 Å². The highest BCUT2D eigenvalue weighted by Crippen LogP contribution is 2.38. The molecular formula is C18H24N6O2S. The summed E-state index contributed by atoms with van der Waals surface area (Å²) in [4.78, 5) is 27.4. The maximum atomic E-state index is 13.1. The van der Waals surface area contributed by atoms with Gasteiger partial charge in [-0.3, -0.25) is 4.79 Å². The molecule has 0 radical (unpaired) electrons. The topological polar surface area (TPSA) is 76.4 Å². The smallest absolute Gasteiger partial charge is 0.265 e. The van der Waals surface area contributed by atoms with Gasteiger partial charge >= 0.3 is 0 Å². The van der Waals surface area contributed by atoms with Crippen molar-refractivity contribution in [3.8, 4) is 0 Å². The highest BCUT2D eigenvalue weighted by Gasteiger charge is 2.31. The number of carbonyl (C=O) groups excluding carboxylic acids is 1. The summed E-state index contributed by atoms with van der Waals surface area (Å²) >= 11 is 1.51. The fourth-order valence-electron chi connectivity index (χ4n) is 3.65. The zero-order chi connectivity index (χ0) is 18.4. The highest BCUT2D eigenvalue weighted by molar-refractivity contribution is 7.17. The maximum Gasteiger partial charge on any atom is 0.265 e. The molecule has 1 aliphatic carbocycles. The molecule has 3 aliphatic rings. The number of anilines is 1. The van der Waals surface area contributed by atoms with Crippen molar-refractivity contribution in [2.45, 2.75) is 38.6 Å². The third kappa shape index (κ3) is 3.34. The molecule has 27 heavy (non-hydrogen) atoms. The second-order valence-corrected chi connectivity index (χ2v) is 8.41. The first-order chi connectivity index (χ1) is 13.2. The summed E-state index contributed by atoms with van der Waals surface area (Å²) in [7, 11) is 0. The van der Waals surface area contributed by atoms with Crippen LogP contribution in [0.15, 0.2) is 0 Å². The summed E-state index contributed by atoms with van der Waals surface area (Å²) in [5.74, 6) is 2.67. The van der Waals surface area contributed by atoms with E-state index >= 15 is 0 Å². The van der Waals surface area contributed by atoms with Crippen LogP contribution in [-0.2, 0) is 17.7 Å². The summed E-state index contributed by atoms with van der Waals surface area (Å²) in [6, 6.07) is 0. The van der Waals surface area contributed by atoms with E-state index in [0.29, 0.717) is 19.0 Å². The van der Waals surface area contributed by atoms with Crippen molar-refractivity contribution in [1.82, 2.24) is 24.6 Å². The highest BCUT2D eigenvalue weighted by atomic mass is 32.1. The van der Waals surface area contributed by atoms with Crippen molar-refractivity contribution in [1.29, 1.82) is 0 Å². The molecule has 0 spiro atoms. The molecule has 0 atom stereocenters. The molecule has 0 N–H and O–H groups in total. The minimum atomic E-state index is 0.0812. The van der Waals surface area contributed by atoms with E-state index in [1.165, 1.54) is 24.2 Å². The minimum Gasteiger partial charge on any atom is -0.378 e. The van der Waals surface area contributed by atoms with Gasteiger partial charge in [0.15, 0.2) is 11.0 Å². The average molecular weight is 388 g/mol. The number of nitrogens with zero attached hydrogens (tertiary/aromatic N) is 6. The predicted octanol–water partition coefficient (Wildman–Crippen LogP) is 1.46. The predicted molar refractivity (Wildman–Crippen MR) is 101 cm³/mol. The van der Waals surface area contributed by atoms with Gasteiger partial charge in [0, 0.05) is 38.5 Å². The number of ether oxygens (including phenoxy) is 1. The molecule has 0 unspecified atom stereocenters. The Hall–Kier alpha value is -2.00. The van der Waals surface area contributed by atoms with Crippen molar-refractivity contribution in [2.24, 2.45) is 0 Å². The van der Waals surface area contributed by atoms with Crippen molar-refractivity contribution >= 4 is 22.4 Å². The molecule has 0 aromatic carbocycles. The standard InChI is InChI=1S/C18H24N6O2S/c1-12-15(27-18(19-12)23-8-10-26-11-9-23)17(25)22-5-4-14-20-16(13-2-3-13)21-24(14)7-6-22/h13H,2-11H2,1H3. The summed E-state index contributed by atoms with van der Waals surface area (Å²) in [5.41, 5.74) is 0.822. The van der Waals surface area contributed by atoms with E-state index in [2.05, 4.69) is 15.0 Å². The quantitative estimate of drug-likeness (QED) is 0.792. The summed E-state index contributed by atoms with van der Waals surface area (Å²) < 4.78 is 7.41. The number of rotatable bonds is 3. The van der Waals surface area contributed by atoms with Gasteiger partial charge in [0.1, 0.15) is 10.7 Å². The number of aryl methyl sites for hydroxylation is 1. The van der Waals surface area contributed by atoms with Gasteiger partial charge in [-0.1, -0.05) is 11.3 Å². The van der Waals surface area contributed by atoms with Crippen molar-refractivity contribution < 1.29 is 9.53 Å². The zero-order valence-electron chi connectivity index (χ0n) is 15.6. The Bertz CT molecular complexity index is 827. The van der Waals surface area contributed by atoms with Gasteiger partial charge in [0.2, 0.25) is 0 Å². The summed E-state index contributed by atoms with van der Waals surface area (Å²) in [6.45, 7) is 7.11. The van der Waals surface area contributed by atoms with E-state index in [0.717, 1.165) is 66.6 Å². The van der Waals surface area contributed by atoms with Gasteiger partial charge < -0.3 is 14.5 Å². The van der Waals surface area contributed by atoms with Crippen LogP contribution in [0.4, 0.5) is 5.13 Å². The van der Waals surface area contributed by atoms with Crippen molar-refractivity contribution in [3.63, 3.8) is 0 Å². The van der Waals surface area contributed by atoms with E-state index in [-0.39, 0.29) is 5.91 Å². The summed E-state index contributed by atoms with van der Waals surface area (Å²) in [5, 5.41) is 5.59. The molecule has 2 aliphatic heterocycles. The minimum absolute atomic E-state index is 0.0812. The normalized spacial score (nSPS) is 20.5. The van der Waals surface area contributed by atoms with Gasteiger partial charge in [0.05, 0.1) is 25.5 Å². The molecule has 8 nitrogen and oxygen atoms in total. The van der Waals surface area contributed by atoms with Crippen LogP contribution in [0.5, 0.6) is 0 Å². The number of hydrogen-bond donors (Lipinski definition) is 0. The number of hydrogen-bond acceptors (Lipinski definition) is 7. The first kappa shape index (κ1) is 17.1. The first-order valence-electron chi connectivity index (χ1n) is 9.72. The van der Waals surface area contributed by atoms with Gasteiger partial charge in [-0.2, -0.15) is 5.10 Å². The van der Waals surface area contributed by atoms with Crippen LogP contribution in [0, 0.1) is 6.92 Å². The number of fused-ring (bicyclic) bond motifs is 1. The molecule has 2 aromatic rings. The van der Waals surface area contributed by atoms with Crippen LogP contribution in [0.3, 0.4) is 0 Å². The van der Waals surface area contributed by atoms with E-state index in [9.17, 15) is 4.79 Å². The summed E-state index contributed by atoms with van der Waals surface area (Å²) in [6.07, 6.45) is 3.19. The lowest BCUT2D eigenvalue weighted by molar-refractivity contribution is 0.0762. The molecule has 1 saturated heterocycles. The Morgan fingerprint density at radius 2 is 1.93 bits per heavy atom. The lowest BCUT2D eigenvalue weighted by Gasteiger charge is -2.26. The Morgan fingerprint density at radius 3 is 2.70 bits per heavy atom. The molecule has 1 amide bonds. The fourth-order valence-corrected chi connectivity index (χ4v) is 4.74.